The van der Waals surface area contributed by atoms with Gasteiger partial charge in [-0.2, -0.15) is 0 Å². The van der Waals surface area contributed by atoms with Crippen LogP contribution in [0, 0.1) is 0 Å². The van der Waals surface area contributed by atoms with Gasteiger partial charge in [-0.3, -0.25) is 9.59 Å². The first-order valence-corrected chi connectivity index (χ1v) is 9.82. The fraction of sp³-hybridized carbons (Fsp3) is 0.0833. The lowest BCUT2D eigenvalue weighted by atomic mass is 10.1. The van der Waals surface area contributed by atoms with Gasteiger partial charge in [-0.05, 0) is 47.5 Å². The van der Waals surface area contributed by atoms with Crippen molar-refractivity contribution >= 4 is 40.1 Å². The molecule has 0 saturated carbocycles. The van der Waals surface area contributed by atoms with Gasteiger partial charge >= 0.3 is 5.97 Å². The Kier molecular flexibility index (Phi) is 5.55. The summed E-state index contributed by atoms with van der Waals surface area (Å²) in [5, 5.41) is 13.4. The van der Waals surface area contributed by atoms with E-state index in [9.17, 15) is 9.59 Å². The molecule has 30 heavy (non-hydrogen) atoms. The highest BCUT2D eigenvalue weighted by atomic mass is 35.5. The van der Waals surface area contributed by atoms with Crippen LogP contribution in [0.25, 0.3) is 10.9 Å². The highest BCUT2D eigenvalue weighted by Gasteiger charge is 2.14. The SMILES string of the molecule is O=C(O)Cc1ccc(NC(=O)c2cccc3ccn(Cc4ccc(Cl)cc4)c23)cc1. The van der Waals surface area contributed by atoms with Crippen LogP contribution in [0.15, 0.2) is 79.0 Å². The number of nitrogens with one attached hydrogen (secondary N) is 1. The van der Waals surface area contributed by atoms with Crippen LogP contribution in [0.4, 0.5) is 5.69 Å². The van der Waals surface area contributed by atoms with Gasteiger partial charge in [0.25, 0.3) is 5.91 Å². The highest BCUT2D eigenvalue weighted by molar-refractivity contribution is 6.30. The van der Waals surface area contributed by atoms with E-state index in [0.717, 1.165) is 16.5 Å². The van der Waals surface area contributed by atoms with E-state index in [1.807, 2.05) is 53.2 Å². The van der Waals surface area contributed by atoms with Crippen LogP contribution in [0.2, 0.25) is 5.02 Å². The fourth-order valence-electron chi connectivity index (χ4n) is 3.44. The van der Waals surface area contributed by atoms with E-state index in [4.69, 9.17) is 16.7 Å². The molecular formula is C24H19ClN2O3. The van der Waals surface area contributed by atoms with E-state index in [2.05, 4.69) is 5.32 Å². The summed E-state index contributed by atoms with van der Waals surface area (Å²) < 4.78 is 2.05. The van der Waals surface area contributed by atoms with E-state index in [-0.39, 0.29) is 12.3 Å². The van der Waals surface area contributed by atoms with Gasteiger partial charge in [0.2, 0.25) is 0 Å². The Labute approximate surface area is 178 Å². The molecule has 0 aliphatic carbocycles. The molecule has 0 radical (unpaired) electrons. The van der Waals surface area contributed by atoms with Crippen molar-refractivity contribution in [3.05, 3.63) is 101 Å². The van der Waals surface area contributed by atoms with Crippen LogP contribution in [-0.2, 0) is 17.8 Å². The lowest BCUT2D eigenvalue weighted by Crippen LogP contribution is -2.14. The average molecular weight is 419 g/mol. The van der Waals surface area contributed by atoms with Crippen molar-refractivity contribution in [2.24, 2.45) is 0 Å². The Bertz CT molecular complexity index is 1210. The number of benzene rings is 3. The molecule has 1 amide bonds. The van der Waals surface area contributed by atoms with Crippen LogP contribution in [0.3, 0.4) is 0 Å². The summed E-state index contributed by atoms with van der Waals surface area (Å²) in [7, 11) is 0. The Morgan fingerprint density at radius 2 is 1.60 bits per heavy atom. The van der Waals surface area contributed by atoms with Crippen LogP contribution in [0.1, 0.15) is 21.5 Å². The molecule has 3 aromatic carbocycles. The smallest absolute Gasteiger partial charge is 0.307 e. The molecule has 2 N–H and O–H groups in total. The van der Waals surface area contributed by atoms with Gasteiger partial charge in [0.05, 0.1) is 17.5 Å². The number of carbonyl (C=O) groups is 2. The van der Waals surface area contributed by atoms with Crippen molar-refractivity contribution in [1.29, 1.82) is 0 Å². The molecule has 6 heteroatoms. The van der Waals surface area contributed by atoms with Gasteiger partial charge in [-0.1, -0.05) is 48.0 Å². The first-order valence-electron chi connectivity index (χ1n) is 9.44. The fourth-order valence-corrected chi connectivity index (χ4v) is 3.57. The second-order valence-corrected chi connectivity index (χ2v) is 7.47. The number of carbonyl (C=O) groups excluding carboxylic acids is 1. The van der Waals surface area contributed by atoms with Crippen molar-refractivity contribution in [3.63, 3.8) is 0 Å². The van der Waals surface area contributed by atoms with Crippen molar-refractivity contribution in [2.75, 3.05) is 5.32 Å². The van der Waals surface area contributed by atoms with Crippen LogP contribution >= 0.6 is 11.6 Å². The van der Waals surface area contributed by atoms with E-state index in [0.29, 0.717) is 28.4 Å². The number of halogens is 1. The molecule has 0 unspecified atom stereocenters. The Hall–Kier alpha value is -3.57. The minimum Gasteiger partial charge on any atom is -0.481 e. The molecule has 150 valence electrons. The quantitative estimate of drug-likeness (QED) is 0.450. The largest absolute Gasteiger partial charge is 0.481 e. The number of carboxylic acid groups (broad SMARTS) is 1. The zero-order chi connectivity index (χ0) is 21.1. The maximum absolute atomic E-state index is 13.0. The molecule has 0 aliphatic rings. The van der Waals surface area contributed by atoms with Gasteiger partial charge in [0.1, 0.15) is 0 Å². The van der Waals surface area contributed by atoms with E-state index in [1.54, 1.807) is 30.3 Å². The number of para-hydroxylation sites is 1. The molecule has 5 nitrogen and oxygen atoms in total. The highest BCUT2D eigenvalue weighted by Crippen LogP contribution is 2.23. The normalized spacial score (nSPS) is 10.8. The number of hydrogen-bond donors (Lipinski definition) is 2. The second kappa shape index (κ2) is 8.43. The third-order valence-electron chi connectivity index (χ3n) is 4.87. The summed E-state index contributed by atoms with van der Waals surface area (Å²) in [5.41, 5.74) is 3.80. The van der Waals surface area contributed by atoms with E-state index >= 15 is 0 Å². The second-order valence-electron chi connectivity index (χ2n) is 7.04. The number of hydrogen-bond acceptors (Lipinski definition) is 2. The third kappa shape index (κ3) is 4.36. The average Bonchev–Trinajstić information content (AvgIpc) is 3.14. The van der Waals surface area contributed by atoms with E-state index < -0.39 is 5.97 Å². The van der Waals surface area contributed by atoms with Gasteiger partial charge in [0, 0.05) is 28.8 Å². The van der Waals surface area contributed by atoms with Crippen molar-refractivity contribution in [3.8, 4) is 0 Å². The topological polar surface area (TPSA) is 71.3 Å². The molecule has 0 aliphatic heterocycles. The Balaban J connectivity index is 1.60. The maximum atomic E-state index is 13.0. The van der Waals surface area contributed by atoms with Crippen molar-refractivity contribution in [2.45, 2.75) is 13.0 Å². The molecule has 0 bridgehead atoms. The summed E-state index contributed by atoms with van der Waals surface area (Å²) in [6, 6.07) is 22.1. The molecule has 4 rings (SSSR count). The first kappa shape index (κ1) is 19.7. The number of fused-ring (bicyclic) bond motifs is 1. The number of rotatable bonds is 6. The molecule has 1 aromatic heterocycles. The molecule has 0 saturated heterocycles. The first-order chi connectivity index (χ1) is 14.5. The monoisotopic (exact) mass is 418 g/mol. The summed E-state index contributed by atoms with van der Waals surface area (Å²) >= 11 is 5.98. The van der Waals surface area contributed by atoms with Gasteiger partial charge in [0.15, 0.2) is 0 Å². The lowest BCUT2D eigenvalue weighted by Gasteiger charge is -2.11. The number of carboxylic acids is 1. The summed E-state index contributed by atoms with van der Waals surface area (Å²) in [6.07, 6.45) is 1.92. The van der Waals surface area contributed by atoms with Crippen LogP contribution in [0.5, 0.6) is 0 Å². The minimum atomic E-state index is -0.889. The van der Waals surface area contributed by atoms with Crippen molar-refractivity contribution in [1.82, 2.24) is 4.57 Å². The van der Waals surface area contributed by atoms with Gasteiger partial charge in [-0.25, -0.2) is 0 Å². The molecule has 0 fully saturated rings. The van der Waals surface area contributed by atoms with Gasteiger partial charge in [-0.15, -0.1) is 0 Å². The lowest BCUT2D eigenvalue weighted by molar-refractivity contribution is -0.136. The number of amides is 1. The summed E-state index contributed by atoms with van der Waals surface area (Å²) in [4.78, 5) is 23.8. The number of aromatic nitrogens is 1. The summed E-state index contributed by atoms with van der Waals surface area (Å²) in [6.45, 7) is 0.620. The molecule has 4 aromatic rings. The zero-order valence-electron chi connectivity index (χ0n) is 16.0. The van der Waals surface area contributed by atoms with Crippen molar-refractivity contribution < 1.29 is 14.7 Å². The molecular weight excluding hydrogens is 400 g/mol. The predicted octanol–water partition coefficient (Wildman–Crippen LogP) is 5.22. The third-order valence-corrected chi connectivity index (χ3v) is 5.12. The predicted molar refractivity (Wildman–Crippen MR) is 118 cm³/mol. The summed E-state index contributed by atoms with van der Waals surface area (Å²) in [5.74, 6) is -1.11. The maximum Gasteiger partial charge on any atom is 0.307 e. The molecule has 0 atom stereocenters. The van der Waals surface area contributed by atoms with Crippen LogP contribution in [-0.4, -0.2) is 21.6 Å². The standard InChI is InChI=1S/C24H19ClN2O3/c25-19-8-4-17(5-9-19)15-27-13-12-18-2-1-3-21(23(18)27)24(30)26-20-10-6-16(7-11-20)14-22(28)29/h1-13H,14-15H2,(H,26,30)(H,28,29). The van der Waals surface area contributed by atoms with Crippen LogP contribution < -0.4 is 5.32 Å². The molecule has 0 spiro atoms. The Morgan fingerprint density at radius 1 is 0.900 bits per heavy atom. The van der Waals surface area contributed by atoms with E-state index in [1.165, 1.54) is 0 Å². The Morgan fingerprint density at radius 3 is 2.30 bits per heavy atom. The molecule has 1 heterocycles. The van der Waals surface area contributed by atoms with Gasteiger partial charge < -0.3 is 15.0 Å². The number of anilines is 1. The minimum absolute atomic E-state index is 0.0499. The number of aliphatic carboxylic acids is 1. The number of nitrogens with zero attached hydrogens (tertiary/aromatic N) is 1. The zero-order valence-corrected chi connectivity index (χ0v) is 16.8.